The number of hydrogen-bond donors (Lipinski definition) is 3. The Hall–Kier alpha value is -1.56. The summed E-state index contributed by atoms with van der Waals surface area (Å²) < 4.78 is 0. The molecule has 1 fully saturated rings. The molecule has 3 N–H and O–H groups in total. The molecule has 1 aromatic heterocycles. The van der Waals surface area contributed by atoms with Crippen molar-refractivity contribution in [2.24, 2.45) is 4.99 Å². The van der Waals surface area contributed by atoms with Crippen molar-refractivity contribution < 1.29 is 4.79 Å². The van der Waals surface area contributed by atoms with Gasteiger partial charge in [-0.05, 0) is 38.3 Å². The summed E-state index contributed by atoms with van der Waals surface area (Å²) in [6, 6.07) is 4.70. The van der Waals surface area contributed by atoms with Crippen LogP contribution in [0.15, 0.2) is 17.1 Å². The van der Waals surface area contributed by atoms with Gasteiger partial charge in [0.1, 0.15) is 0 Å². The highest BCUT2D eigenvalue weighted by Gasteiger charge is 2.22. The van der Waals surface area contributed by atoms with Crippen molar-refractivity contribution in [3.8, 4) is 0 Å². The number of amides is 1. The highest BCUT2D eigenvalue weighted by molar-refractivity contribution is 7.11. The molecule has 0 saturated heterocycles. The normalized spacial score (nSPS) is 14.9. The summed E-state index contributed by atoms with van der Waals surface area (Å²) in [5.41, 5.74) is 0. The fourth-order valence-corrected chi connectivity index (χ4v) is 2.78. The molecule has 0 aliphatic heterocycles. The number of hydrogen-bond acceptors (Lipinski definition) is 3. The van der Waals surface area contributed by atoms with Gasteiger partial charge < -0.3 is 16.0 Å². The van der Waals surface area contributed by atoms with E-state index in [2.05, 4.69) is 40.0 Å². The maximum Gasteiger partial charge on any atom is 0.220 e. The number of guanidine groups is 1. The second-order valence-electron chi connectivity index (χ2n) is 5.31. The van der Waals surface area contributed by atoms with Crippen LogP contribution in [0.3, 0.4) is 0 Å². The molecule has 2 rings (SSSR count). The lowest BCUT2D eigenvalue weighted by Crippen LogP contribution is -2.37. The van der Waals surface area contributed by atoms with Crippen LogP contribution in [0.4, 0.5) is 0 Å². The van der Waals surface area contributed by atoms with Gasteiger partial charge in [-0.1, -0.05) is 0 Å². The predicted octanol–water partition coefficient (Wildman–Crippen LogP) is 1.78. The Morgan fingerprint density at radius 3 is 2.81 bits per heavy atom. The molecule has 0 unspecified atom stereocenters. The molecule has 1 saturated carbocycles. The molecule has 116 valence electrons. The van der Waals surface area contributed by atoms with E-state index in [1.54, 1.807) is 18.4 Å². The topological polar surface area (TPSA) is 65.5 Å². The molecule has 0 radical (unpaired) electrons. The van der Waals surface area contributed by atoms with Crippen LogP contribution in [0.1, 0.15) is 35.4 Å². The smallest absolute Gasteiger partial charge is 0.220 e. The zero-order chi connectivity index (χ0) is 15.1. The fraction of sp³-hybridized carbons (Fsp3) is 0.600. The van der Waals surface area contributed by atoms with E-state index in [1.165, 1.54) is 9.75 Å². The van der Waals surface area contributed by atoms with E-state index in [9.17, 15) is 4.79 Å². The summed E-state index contributed by atoms with van der Waals surface area (Å²) in [7, 11) is 1.76. The number of rotatable bonds is 7. The van der Waals surface area contributed by atoms with Gasteiger partial charge in [0.2, 0.25) is 5.91 Å². The second-order valence-corrected chi connectivity index (χ2v) is 6.68. The standard InChI is InChI=1S/C15H24N4OS/c1-11-5-8-13(21-11)10-18-15(16-2)17-9-3-4-14(20)19-12-6-7-12/h5,8,12H,3-4,6-7,9-10H2,1-2H3,(H,19,20)(H2,16,17,18). The van der Waals surface area contributed by atoms with Gasteiger partial charge in [0.25, 0.3) is 0 Å². The quantitative estimate of drug-likeness (QED) is 0.409. The summed E-state index contributed by atoms with van der Waals surface area (Å²) in [6.07, 6.45) is 3.67. The molecule has 0 atom stereocenters. The molecular weight excluding hydrogens is 284 g/mol. The monoisotopic (exact) mass is 308 g/mol. The molecule has 1 aliphatic carbocycles. The van der Waals surface area contributed by atoms with Crippen molar-refractivity contribution >= 4 is 23.2 Å². The average Bonchev–Trinajstić information content (AvgIpc) is 3.18. The van der Waals surface area contributed by atoms with Crippen LogP contribution in [0, 0.1) is 6.92 Å². The Balaban J connectivity index is 1.57. The van der Waals surface area contributed by atoms with Crippen molar-refractivity contribution in [3.63, 3.8) is 0 Å². The Kier molecular flexibility index (Phi) is 6.04. The van der Waals surface area contributed by atoms with E-state index in [4.69, 9.17) is 0 Å². The minimum atomic E-state index is 0.163. The molecule has 5 nitrogen and oxygen atoms in total. The lowest BCUT2D eigenvalue weighted by atomic mass is 10.3. The van der Waals surface area contributed by atoms with Gasteiger partial charge in [-0.15, -0.1) is 11.3 Å². The first-order valence-electron chi connectivity index (χ1n) is 7.46. The number of aryl methyl sites for hydroxylation is 1. The first-order valence-corrected chi connectivity index (χ1v) is 8.28. The Morgan fingerprint density at radius 1 is 1.38 bits per heavy atom. The van der Waals surface area contributed by atoms with Crippen LogP contribution in [-0.4, -0.2) is 31.5 Å². The maximum atomic E-state index is 11.5. The zero-order valence-electron chi connectivity index (χ0n) is 12.7. The molecule has 21 heavy (non-hydrogen) atoms. The molecule has 1 amide bonds. The summed E-state index contributed by atoms with van der Waals surface area (Å²) >= 11 is 1.79. The first-order chi connectivity index (χ1) is 10.2. The predicted molar refractivity (Wildman–Crippen MR) is 87.7 cm³/mol. The van der Waals surface area contributed by atoms with Crippen molar-refractivity contribution in [2.45, 2.75) is 45.2 Å². The fourth-order valence-electron chi connectivity index (χ4n) is 1.95. The Labute approximate surface area is 130 Å². The van der Waals surface area contributed by atoms with E-state index in [-0.39, 0.29) is 5.91 Å². The van der Waals surface area contributed by atoms with Gasteiger partial charge >= 0.3 is 0 Å². The van der Waals surface area contributed by atoms with Crippen LogP contribution in [0.25, 0.3) is 0 Å². The van der Waals surface area contributed by atoms with Crippen molar-refractivity contribution in [3.05, 3.63) is 21.9 Å². The van der Waals surface area contributed by atoms with Gasteiger partial charge in [-0.2, -0.15) is 0 Å². The highest BCUT2D eigenvalue weighted by atomic mass is 32.1. The van der Waals surface area contributed by atoms with Gasteiger partial charge in [0.05, 0.1) is 6.54 Å². The molecule has 1 aliphatic rings. The van der Waals surface area contributed by atoms with Crippen LogP contribution < -0.4 is 16.0 Å². The third-order valence-corrected chi connectivity index (χ3v) is 4.27. The number of aliphatic imine (C=N–C) groups is 1. The Bertz CT molecular complexity index is 494. The van der Waals surface area contributed by atoms with E-state index in [0.29, 0.717) is 12.5 Å². The van der Waals surface area contributed by atoms with E-state index >= 15 is 0 Å². The number of thiophene rings is 1. The highest BCUT2D eigenvalue weighted by Crippen LogP contribution is 2.18. The molecule has 0 spiro atoms. The SMILES string of the molecule is CN=C(NCCCC(=O)NC1CC1)NCc1ccc(C)s1. The maximum absolute atomic E-state index is 11.5. The molecule has 0 aromatic carbocycles. The van der Waals surface area contributed by atoms with E-state index in [0.717, 1.165) is 38.3 Å². The lowest BCUT2D eigenvalue weighted by molar-refractivity contribution is -0.121. The summed E-state index contributed by atoms with van der Waals surface area (Å²) in [5.74, 6) is 0.944. The lowest BCUT2D eigenvalue weighted by Gasteiger charge is -2.11. The van der Waals surface area contributed by atoms with Gasteiger partial charge in [0, 0.05) is 35.8 Å². The summed E-state index contributed by atoms with van der Waals surface area (Å²) in [5, 5.41) is 9.51. The molecule has 0 bridgehead atoms. The van der Waals surface area contributed by atoms with Crippen molar-refractivity contribution in [1.82, 2.24) is 16.0 Å². The van der Waals surface area contributed by atoms with Gasteiger partial charge in [-0.25, -0.2) is 0 Å². The van der Waals surface area contributed by atoms with Gasteiger partial charge in [-0.3, -0.25) is 9.79 Å². The number of nitrogens with one attached hydrogen (secondary N) is 3. The van der Waals surface area contributed by atoms with Crippen LogP contribution >= 0.6 is 11.3 Å². The second kappa shape index (κ2) is 8.02. The zero-order valence-corrected chi connectivity index (χ0v) is 13.6. The Morgan fingerprint density at radius 2 is 2.19 bits per heavy atom. The van der Waals surface area contributed by atoms with Crippen molar-refractivity contribution in [1.29, 1.82) is 0 Å². The first kappa shape index (κ1) is 15.8. The van der Waals surface area contributed by atoms with Crippen LogP contribution in [0.5, 0.6) is 0 Å². The van der Waals surface area contributed by atoms with E-state index in [1.807, 2.05) is 0 Å². The molecule has 1 aromatic rings. The largest absolute Gasteiger partial charge is 0.356 e. The number of nitrogens with zero attached hydrogens (tertiary/aromatic N) is 1. The third kappa shape index (κ3) is 6.16. The number of carbonyl (C=O) groups is 1. The molecule has 6 heteroatoms. The van der Waals surface area contributed by atoms with E-state index < -0.39 is 0 Å². The third-order valence-electron chi connectivity index (χ3n) is 3.27. The van der Waals surface area contributed by atoms with Crippen molar-refractivity contribution in [2.75, 3.05) is 13.6 Å². The number of carbonyl (C=O) groups excluding carboxylic acids is 1. The molecule has 1 heterocycles. The van der Waals surface area contributed by atoms with Crippen LogP contribution in [0.2, 0.25) is 0 Å². The minimum Gasteiger partial charge on any atom is -0.356 e. The summed E-state index contributed by atoms with van der Waals surface area (Å²) in [4.78, 5) is 18.3. The van der Waals surface area contributed by atoms with Crippen LogP contribution in [-0.2, 0) is 11.3 Å². The average molecular weight is 308 g/mol. The minimum absolute atomic E-state index is 0.163. The van der Waals surface area contributed by atoms with Gasteiger partial charge in [0.15, 0.2) is 5.96 Å². The molecular formula is C15H24N4OS. The summed E-state index contributed by atoms with van der Waals surface area (Å²) in [6.45, 7) is 3.63.